The first-order chi connectivity index (χ1) is 8.35. The molecule has 18 heavy (non-hydrogen) atoms. The number of ether oxygens (including phenoxy) is 1. The molecule has 1 unspecified atom stereocenters. The number of hydrogen-bond acceptors (Lipinski definition) is 2. The van der Waals surface area contributed by atoms with Gasteiger partial charge in [0.2, 0.25) is 0 Å². The van der Waals surface area contributed by atoms with Crippen molar-refractivity contribution in [3.8, 4) is 5.75 Å². The third-order valence-corrected chi connectivity index (χ3v) is 3.32. The number of carboxylic acids is 1. The molecule has 0 saturated carbocycles. The van der Waals surface area contributed by atoms with Crippen LogP contribution < -0.4 is 4.74 Å². The number of carbonyl (C=O) groups is 1. The van der Waals surface area contributed by atoms with E-state index in [0.717, 1.165) is 12.2 Å². The fourth-order valence-corrected chi connectivity index (χ4v) is 1.71. The summed E-state index contributed by atoms with van der Waals surface area (Å²) in [5, 5.41) is 8.66. The summed E-state index contributed by atoms with van der Waals surface area (Å²) < 4.78 is 5.55. The van der Waals surface area contributed by atoms with Gasteiger partial charge in [-0.2, -0.15) is 0 Å². The van der Waals surface area contributed by atoms with Crippen molar-refractivity contribution in [3.05, 3.63) is 29.8 Å². The molecule has 0 aliphatic carbocycles. The fourth-order valence-electron chi connectivity index (χ4n) is 1.71. The summed E-state index contributed by atoms with van der Waals surface area (Å²) in [6.07, 6.45) is 0.776. The lowest BCUT2D eigenvalue weighted by molar-refractivity contribution is -0.138. The maximum atomic E-state index is 10.5. The summed E-state index contributed by atoms with van der Waals surface area (Å²) >= 11 is 0. The molecule has 1 N–H and O–H groups in total. The van der Waals surface area contributed by atoms with Gasteiger partial charge >= 0.3 is 5.97 Å². The van der Waals surface area contributed by atoms with Crippen molar-refractivity contribution >= 4 is 5.97 Å². The van der Waals surface area contributed by atoms with Crippen molar-refractivity contribution in [1.82, 2.24) is 0 Å². The first-order valence-corrected chi connectivity index (χ1v) is 6.34. The van der Waals surface area contributed by atoms with Gasteiger partial charge in [-0.1, -0.05) is 32.9 Å². The minimum Gasteiger partial charge on any atom is -0.490 e. The zero-order valence-corrected chi connectivity index (χ0v) is 11.6. The van der Waals surface area contributed by atoms with Crippen LogP contribution in [0.4, 0.5) is 0 Å². The van der Waals surface area contributed by atoms with Gasteiger partial charge in [0.05, 0.1) is 6.42 Å². The summed E-state index contributed by atoms with van der Waals surface area (Å²) in [4.78, 5) is 10.5. The van der Waals surface area contributed by atoms with Gasteiger partial charge in [0.15, 0.2) is 0 Å². The van der Waals surface area contributed by atoms with E-state index in [2.05, 4.69) is 20.8 Å². The average Bonchev–Trinajstić information content (AvgIpc) is 2.28. The van der Waals surface area contributed by atoms with E-state index in [4.69, 9.17) is 9.84 Å². The van der Waals surface area contributed by atoms with Crippen LogP contribution in [0.3, 0.4) is 0 Å². The third kappa shape index (κ3) is 4.06. The van der Waals surface area contributed by atoms with Crippen LogP contribution in [-0.4, -0.2) is 17.2 Å². The third-order valence-electron chi connectivity index (χ3n) is 3.32. The summed E-state index contributed by atoms with van der Waals surface area (Å²) in [6, 6.07) is 7.91. The van der Waals surface area contributed by atoms with Gasteiger partial charge in [0, 0.05) is 0 Å². The number of benzene rings is 1. The Labute approximate surface area is 109 Å². The lowest BCUT2D eigenvalue weighted by atomic mass is 9.82. The zero-order valence-electron chi connectivity index (χ0n) is 11.6. The summed E-state index contributed by atoms with van der Waals surface area (Å²) in [5.41, 5.74) is 1.42. The van der Waals surface area contributed by atoms with Crippen LogP contribution in [0.1, 0.15) is 46.1 Å². The van der Waals surface area contributed by atoms with Gasteiger partial charge in [0.25, 0.3) is 0 Å². The van der Waals surface area contributed by atoms with Crippen LogP contribution in [0.15, 0.2) is 24.3 Å². The predicted molar refractivity (Wildman–Crippen MR) is 72.1 cm³/mol. The molecular formula is C15H22O3. The summed E-state index contributed by atoms with van der Waals surface area (Å²) in [5.74, 6) is -0.120. The van der Waals surface area contributed by atoms with Crippen LogP contribution in [0, 0.1) is 0 Å². The van der Waals surface area contributed by atoms with Gasteiger partial charge < -0.3 is 9.84 Å². The molecule has 0 radical (unpaired) electrons. The Bertz CT molecular complexity index is 393. The molecule has 0 heterocycles. The van der Waals surface area contributed by atoms with Crippen LogP contribution in [0.25, 0.3) is 0 Å². The Kier molecular flexibility index (Phi) is 4.76. The molecule has 1 aromatic rings. The Morgan fingerprint density at radius 2 is 1.89 bits per heavy atom. The Morgan fingerprint density at radius 3 is 2.33 bits per heavy atom. The van der Waals surface area contributed by atoms with Crippen molar-refractivity contribution < 1.29 is 14.6 Å². The van der Waals surface area contributed by atoms with Gasteiger partial charge in [-0.05, 0) is 36.5 Å². The quantitative estimate of drug-likeness (QED) is 0.838. The number of hydrogen-bond donors (Lipinski definition) is 1. The van der Waals surface area contributed by atoms with Crippen molar-refractivity contribution in [2.24, 2.45) is 0 Å². The van der Waals surface area contributed by atoms with E-state index < -0.39 is 5.97 Å². The maximum absolute atomic E-state index is 10.5. The van der Waals surface area contributed by atoms with Gasteiger partial charge in [-0.3, -0.25) is 4.79 Å². The van der Waals surface area contributed by atoms with E-state index in [0.29, 0.717) is 0 Å². The Balaban J connectivity index is 2.69. The molecule has 0 aliphatic heterocycles. The van der Waals surface area contributed by atoms with Crippen molar-refractivity contribution in [2.75, 3.05) is 0 Å². The largest absolute Gasteiger partial charge is 0.490 e. The Hall–Kier alpha value is -1.51. The molecule has 3 nitrogen and oxygen atoms in total. The van der Waals surface area contributed by atoms with Gasteiger partial charge in [-0.15, -0.1) is 0 Å². The highest BCUT2D eigenvalue weighted by molar-refractivity contribution is 5.67. The molecule has 1 rings (SSSR count). The molecule has 0 amide bonds. The topological polar surface area (TPSA) is 46.5 Å². The van der Waals surface area contributed by atoms with E-state index in [1.807, 2.05) is 24.3 Å². The first kappa shape index (κ1) is 14.6. The van der Waals surface area contributed by atoms with Crippen LogP contribution in [0.5, 0.6) is 5.75 Å². The van der Waals surface area contributed by atoms with Crippen LogP contribution >= 0.6 is 0 Å². The first-order valence-electron chi connectivity index (χ1n) is 6.34. The SMILES string of the molecule is CCC(C)(C)c1ccc(OC(C)CC(=O)O)cc1. The minimum absolute atomic E-state index is 0.0161. The molecule has 0 aromatic heterocycles. The van der Waals surface area contributed by atoms with E-state index in [1.165, 1.54) is 5.56 Å². The average molecular weight is 250 g/mol. The molecule has 1 aromatic carbocycles. The van der Waals surface area contributed by atoms with E-state index in [-0.39, 0.29) is 17.9 Å². The van der Waals surface area contributed by atoms with Crippen LogP contribution in [-0.2, 0) is 10.2 Å². The minimum atomic E-state index is -0.841. The zero-order chi connectivity index (χ0) is 13.8. The second-order valence-electron chi connectivity index (χ2n) is 5.29. The number of carboxylic acid groups (broad SMARTS) is 1. The molecule has 1 atom stereocenters. The van der Waals surface area contributed by atoms with Crippen molar-refractivity contribution in [1.29, 1.82) is 0 Å². The summed E-state index contributed by atoms with van der Waals surface area (Å²) in [7, 11) is 0. The second-order valence-corrected chi connectivity index (χ2v) is 5.29. The Morgan fingerprint density at radius 1 is 1.33 bits per heavy atom. The maximum Gasteiger partial charge on any atom is 0.307 e. The molecule has 0 bridgehead atoms. The van der Waals surface area contributed by atoms with Crippen molar-refractivity contribution in [2.45, 2.75) is 52.1 Å². The standard InChI is InChI=1S/C15H22O3/c1-5-15(3,4)12-6-8-13(9-7-12)18-11(2)10-14(16)17/h6-9,11H,5,10H2,1-4H3,(H,16,17). The van der Waals surface area contributed by atoms with Gasteiger partial charge in [-0.25, -0.2) is 0 Å². The van der Waals surface area contributed by atoms with Crippen molar-refractivity contribution in [3.63, 3.8) is 0 Å². The summed E-state index contributed by atoms with van der Waals surface area (Å²) in [6.45, 7) is 8.34. The predicted octanol–water partition coefficient (Wildman–Crippen LogP) is 3.62. The molecule has 0 saturated heterocycles. The van der Waals surface area contributed by atoms with Crippen LogP contribution in [0.2, 0.25) is 0 Å². The molecular weight excluding hydrogens is 228 g/mol. The monoisotopic (exact) mass is 250 g/mol. The highest BCUT2D eigenvalue weighted by atomic mass is 16.5. The lowest BCUT2D eigenvalue weighted by Gasteiger charge is -2.23. The smallest absolute Gasteiger partial charge is 0.307 e. The molecule has 0 spiro atoms. The highest BCUT2D eigenvalue weighted by Gasteiger charge is 2.17. The van der Waals surface area contributed by atoms with Gasteiger partial charge in [0.1, 0.15) is 11.9 Å². The normalized spacial score (nSPS) is 13.1. The van der Waals surface area contributed by atoms with E-state index in [9.17, 15) is 4.79 Å². The fraction of sp³-hybridized carbons (Fsp3) is 0.533. The van der Waals surface area contributed by atoms with E-state index in [1.54, 1.807) is 6.92 Å². The second kappa shape index (κ2) is 5.89. The molecule has 3 heteroatoms. The number of rotatable bonds is 6. The molecule has 0 fully saturated rings. The molecule has 0 aliphatic rings. The lowest BCUT2D eigenvalue weighted by Crippen LogP contribution is -2.17. The highest BCUT2D eigenvalue weighted by Crippen LogP contribution is 2.28. The molecule has 100 valence electrons. The number of aliphatic carboxylic acids is 1. The van der Waals surface area contributed by atoms with E-state index >= 15 is 0 Å².